The van der Waals surface area contributed by atoms with Crippen LogP contribution in [-0.4, -0.2) is 9.49 Å². The molecular weight excluding hydrogens is 278 g/mol. The molecule has 0 unspecified atom stereocenters. The van der Waals surface area contributed by atoms with Crippen LogP contribution < -0.4 is 5.56 Å². The lowest BCUT2D eigenvalue weighted by molar-refractivity contribution is -0.385. The van der Waals surface area contributed by atoms with E-state index < -0.39 is 10.5 Å². The van der Waals surface area contributed by atoms with Crippen molar-refractivity contribution < 1.29 is 4.92 Å². The Morgan fingerprint density at radius 1 is 1.75 bits per heavy atom. The van der Waals surface area contributed by atoms with E-state index in [4.69, 9.17) is 5.26 Å². The average Bonchev–Trinajstić information content (AvgIpc) is 2.20. The zero-order chi connectivity index (χ0) is 12.3. The van der Waals surface area contributed by atoms with Gasteiger partial charge in [0.25, 0.3) is 11.2 Å². The molecule has 0 spiro atoms. The molecule has 16 heavy (non-hydrogen) atoms. The molecule has 1 aromatic rings. The quantitative estimate of drug-likeness (QED) is 0.622. The van der Waals surface area contributed by atoms with Gasteiger partial charge in [-0.15, -0.1) is 0 Å². The Balaban J connectivity index is 3.43. The summed E-state index contributed by atoms with van der Waals surface area (Å²) in [4.78, 5) is 21.5. The molecule has 1 aromatic heterocycles. The van der Waals surface area contributed by atoms with Gasteiger partial charge >= 0.3 is 0 Å². The third-order valence-electron chi connectivity index (χ3n) is 1.74. The molecular formula is C9H6BrN3O3. The van der Waals surface area contributed by atoms with Crippen molar-refractivity contribution in [1.29, 1.82) is 5.26 Å². The summed E-state index contributed by atoms with van der Waals surface area (Å²) in [6, 6.07) is 2.58. The maximum atomic E-state index is 11.6. The molecule has 0 aliphatic carbocycles. The molecule has 82 valence electrons. The molecule has 0 saturated carbocycles. The summed E-state index contributed by atoms with van der Waals surface area (Å²) >= 11 is 3.05. The van der Waals surface area contributed by atoms with Gasteiger partial charge < -0.3 is 4.57 Å². The second-order valence-corrected chi connectivity index (χ2v) is 4.05. The zero-order valence-electron chi connectivity index (χ0n) is 8.01. The third kappa shape index (κ3) is 2.55. The van der Waals surface area contributed by atoms with Crippen LogP contribution in [0.2, 0.25) is 0 Å². The second kappa shape index (κ2) is 4.72. The fourth-order valence-corrected chi connectivity index (χ4v) is 1.37. The Labute approximate surface area is 98.7 Å². The molecule has 1 rings (SSSR count). The highest BCUT2D eigenvalue weighted by atomic mass is 79.9. The highest BCUT2D eigenvalue weighted by molar-refractivity contribution is 9.11. The number of hydrogen-bond acceptors (Lipinski definition) is 4. The Bertz CT molecular complexity index is 556. The van der Waals surface area contributed by atoms with E-state index in [-0.39, 0.29) is 17.8 Å². The topological polar surface area (TPSA) is 88.9 Å². The molecule has 6 nitrogen and oxygen atoms in total. The van der Waals surface area contributed by atoms with Gasteiger partial charge in [-0.1, -0.05) is 22.5 Å². The van der Waals surface area contributed by atoms with Crippen molar-refractivity contribution in [2.24, 2.45) is 0 Å². The van der Waals surface area contributed by atoms with Crippen molar-refractivity contribution >= 4 is 21.6 Å². The minimum atomic E-state index is -0.659. The summed E-state index contributed by atoms with van der Waals surface area (Å²) in [7, 11) is 0. The number of pyridine rings is 1. The van der Waals surface area contributed by atoms with Crippen molar-refractivity contribution in [2.75, 3.05) is 0 Å². The summed E-state index contributed by atoms with van der Waals surface area (Å²) in [5.74, 6) is 0. The number of allylic oxidation sites excluding steroid dienone is 1. The maximum Gasteiger partial charge on any atom is 0.287 e. The van der Waals surface area contributed by atoms with Gasteiger partial charge in [0.15, 0.2) is 0 Å². The van der Waals surface area contributed by atoms with Gasteiger partial charge in [0.1, 0.15) is 11.6 Å². The average molecular weight is 284 g/mol. The van der Waals surface area contributed by atoms with E-state index >= 15 is 0 Å². The van der Waals surface area contributed by atoms with Crippen LogP contribution >= 0.6 is 15.9 Å². The van der Waals surface area contributed by atoms with Gasteiger partial charge in [-0.05, 0) is 0 Å². The van der Waals surface area contributed by atoms with Gasteiger partial charge in [0.05, 0.1) is 17.7 Å². The molecule has 0 amide bonds. The summed E-state index contributed by atoms with van der Waals surface area (Å²) in [6.45, 7) is 3.60. The number of hydrogen-bond donors (Lipinski definition) is 0. The first-order valence-corrected chi connectivity index (χ1v) is 4.87. The smallest absolute Gasteiger partial charge is 0.287 e. The van der Waals surface area contributed by atoms with E-state index in [2.05, 4.69) is 22.5 Å². The monoisotopic (exact) mass is 283 g/mol. The van der Waals surface area contributed by atoms with Crippen molar-refractivity contribution in [2.45, 2.75) is 6.54 Å². The van der Waals surface area contributed by atoms with E-state index in [9.17, 15) is 14.9 Å². The number of nitro groups is 1. The van der Waals surface area contributed by atoms with E-state index in [0.717, 1.165) is 16.8 Å². The fraction of sp³-hybridized carbons (Fsp3) is 0.111. The molecule has 0 aliphatic rings. The van der Waals surface area contributed by atoms with Gasteiger partial charge in [-0.25, -0.2) is 0 Å². The van der Waals surface area contributed by atoms with Gasteiger partial charge in [-0.3, -0.25) is 14.9 Å². The summed E-state index contributed by atoms with van der Waals surface area (Å²) in [5, 5.41) is 19.2. The van der Waals surface area contributed by atoms with Gasteiger partial charge in [-0.2, -0.15) is 5.26 Å². The SMILES string of the molecule is C=C(Br)Cn1cc([N+](=O)[O-])cc(C#N)c1=O. The van der Waals surface area contributed by atoms with Gasteiger partial charge in [0, 0.05) is 10.5 Å². The Morgan fingerprint density at radius 3 is 2.81 bits per heavy atom. The molecule has 0 atom stereocenters. The first kappa shape index (κ1) is 12.1. The Morgan fingerprint density at radius 2 is 2.38 bits per heavy atom. The normalized spacial score (nSPS) is 9.50. The van der Waals surface area contributed by atoms with Crippen LogP contribution in [0.1, 0.15) is 5.56 Å². The number of halogens is 1. The van der Waals surface area contributed by atoms with Gasteiger partial charge in [0.2, 0.25) is 0 Å². The van der Waals surface area contributed by atoms with Crippen molar-refractivity contribution in [3.05, 3.63) is 49.4 Å². The number of aromatic nitrogens is 1. The fourth-order valence-electron chi connectivity index (χ4n) is 1.10. The first-order valence-electron chi connectivity index (χ1n) is 4.08. The third-order valence-corrected chi connectivity index (χ3v) is 2.00. The van der Waals surface area contributed by atoms with Crippen LogP contribution in [0.3, 0.4) is 0 Å². The van der Waals surface area contributed by atoms with Crippen LogP contribution in [-0.2, 0) is 6.54 Å². The molecule has 7 heteroatoms. The zero-order valence-corrected chi connectivity index (χ0v) is 9.60. The van der Waals surface area contributed by atoms with Crippen LogP contribution in [0, 0.1) is 21.4 Å². The van der Waals surface area contributed by atoms with E-state index in [1.165, 1.54) is 0 Å². The Kier molecular flexibility index (Phi) is 3.58. The predicted octanol–water partition coefficient (Wildman–Crippen LogP) is 1.54. The number of rotatable bonds is 3. The van der Waals surface area contributed by atoms with Crippen molar-refractivity contribution in [3.63, 3.8) is 0 Å². The van der Waals surface area contributed by atoms with E-state index in [1.807, 2.05) is 0 Å². The van der Waals surface area contributed by atoms with Crippen LogP contribution in [0.4, 0.5) is 5.69 Å². The predicted molar refractivity (Wildman–Crippen MR) is 60.1 cm³/mol. The van der Waals surface area contributed by atoms with Crippen LogP contribution in [0.15, 0.2) is 28.1 Å². The summed E-state index contributed by atoms with van der Waals surface area (Å²) < 4.78 is 1.55. The molecule has 1 heterocycles. The number of nitriles is 1. The molecule has 0 radical (unpaired) electrons. The standard InChI is InChI=1S/C9H6BrN3O3/c1-6(10)4-12-5-8(13(15)16)2-7(3-11)9(12)14/h2,5H,1,4H2. The highest BCUT2D eigenvalue weighted by Crippen LogP contribution is 2.11. The lowest BCUT2D eigenvalue weighted by atomic mass is 10.2. The molecule has 0 N–H and O–H groups in total. The minimum Gasteiger partial charge on any atom is -0.303 e. The largest absolute Gasteiger partial charge is 0.303 e. The lowest BCUT2D eigenvalue weighted by Gasteiger charge is -2.04. The summed E-state index contributed by atoms with van der Waals surface area (Å²) in [6.07, 6.45) is 1.08. The highest BCUT2D eigenvalue weighted by Gasteiger charge is 2.13. The molecule has 0 saturated heterocycles. The number of nitrogens with zero attached hydrogens (tertiary/aromatic N) is 3. The Hall–Kier alpha value is -1.94. The lowest BCUT2D eigenvalue weighted by Crippen LogP contribution is -2.22. The minimum absolute atomic E-state index is 0.0786. The maximum absolute atomic E-state index is 11.6. The molecule has 0 aromatic carbocycles. The first-order chi connectivity index (χ1) is 7.45. The molecule has 0 bridgehead atoms. The van der Waals surface area contributed by atoms with Crippen molar-refractivity contribution in [1.82, 2.24) is 4.57 Å². The summed E-state index contributed by atoms with van der Waals surface area (Å²) in [5.41, 5.74) is -1.14. The van der Waals surface area contributed by atoms with E-state index in [0.29, 0.717) is 4.48 Å². The van der Waals surface area contributed by atoms with Crippen LogP contribution in [0.25, 0.3) is 0 Å². The van der Waals surface area contributed by atoms with Crippen molar-refractivity contribution in [3.8, 4) is 6.07 Å². The van der Waals surface area contributed by atoms with E-state index in [1.54, 1.807) is 6.07 Å². The second-order valence-electron chi connectivity index (χ2n) is 2.93. The molecule has 0 aliphatic heterocycles. The molecule has 0 fully saturated rings. The van der Waals surface area contributed by atoms with Crippen LogP contribution in [0.5, 0.6) is 0 Å².